The molecule has 27 heavy (non-hydrogen) atoms. The number of benzene rings is 1. The van der Waals surface area contributed by atoms with Crippen LogP contribution in [0.5, 0.6) is 0 Å². The van der Waals surface area contributed by atoms with Crippen molar-refractivity contribution in [3.05, 3.63) is 35.9 Å². The lowest BCUT2D eigenvalue weighted by atomic mass is 9.82. The van der Waals surface area contributed by atoms with Crippen molar-refractivity contribution in [2.45, 2.75) is 58.1 Å². The fraction of sp³-hybridized carbons (Fsp3) is 0.636. The van der Waals surface area contributed by atoms with Crippen LogP contribution in [0, 0.1) is 5.41 Å². The van der Waals surface area contributed by atoms with Gasteiger partial charge in [0.2, 0.25) is 5.91 Å². The molecule has 5 heteroatoms. The van der Waals surface area contributed by atoms with Crippen molar-refractivity contribution in [1.29, 1.82) is 0 Å². The number of nitrogens with one attached hydrogen (secondary N) is 1. The minimum atomic E-state index is -0.495. The highest BCUT2D eigenvalue weighted by Crippen LogP contribution is 2.28. The van der Waals surface area contributed by atoms with Crippen LogP contribution in [0.3, 0.4) is 0 Å². The summed E-state index contributed by atoms with van der Waals surface area (Å²) >= 11 is 0. The molecule has 1 aliphatic rings. The molecule has 1 N–H and O–H groups in total. The van der Waals surface area contributed by atoms with Gasteiger partial charge < -0.3 is 15.0 Å². The third kappa shape index (κ3) is 7.43. The fourth-order valence-electron chi connectivity index (χ4n) is 3.34. The Bertz CT molecular complexity index is 613. The summed E-state index contributed by atoms with van der Waals surface area (Å²) in [7, 11) is 3.98. The number of hydrogen-bond donors (Lipinski definition) is 1. The number of carbonyl (C=O) groups excluding carboxylic acids is 2. The Morgan fingerprint density at radius 2 is 1.93 bits per heavy atom. The lowest BCUT2D eigenvalue weighted by Crippen LogP contribution is -2.45. The number of hydrogen-bond acceptors (Lipinski definition) is 4. The molecule has 2 unspecified atom stereocenters. The molecular formula is C22H34N2O3. The average Bonchev–Trinajstić information content (AvgIpc) is 2.97. The normalized spacial score (nSPS) is 20.3. The van der Waals surface area contributed by atoms with E-state index in [0.29, 0.717) is 6.42 Å². The molecular weight excluding hydrogens is 340 g/mol. The molecule has 0 aromatic heterocycles. The largest absolute Gasteiger partial charge is 0.368 e. The van der Waals surface area contributed by atoms with E-state index in [1.54, 1.807) is 0 Å². The zero-order chi connectivity index (χ0) is 19.9. The summed E-state index contributed by atoms with van der Waals surface area (Å²) in [6, 6.07) is 9.93. The molecule has 0 aliphatic carbocycles. The highest BCUT2D eigenvalue weighted by atomic mass is 16.5. The van der Waals surface area contributed by atoms with Gasteiger partial charge in [-0.25, -0.2) is 0 Å². The number of nitrogens with zero attached hydrogens (tertiary/aromatic N) is 1. The van der Waals surface area contributed by atoms with Crippen molar-refractivity contribution < 1.29 is 14.3 Å². The molecule has 1 fully saturated rings. The maximum atomic E-state index is 12.4. The lowest BCUT2D eigenvalue weighted by Gasteiger charge is -2.25. The zero-order valence-electron chi connectivity index (χ0n) is 17.2. The quantitative estimate of drug-likeness (QED) is 0.684. The van der Waals surface area contributed by atoms with Crippen LogP contribution < -0.4 is 5.32 Å². The second-order valence-corrected chi connectivity index (χ2v) is 8.60. The lowest BCUT2D eigenvalue weighted by molar-refractivity contribution is -0.126. The van der Waals surface area contributed by atoms with Gasteiger partial charge in [0.05, 0.1) is 6.10 Å². The van der Waals surface area contributed by atoms with Crippen LogP contribution in [0.25, 0.3) is 0 Å². The van der Waals surface area contributed by atoms with Crippen molar-refractivity contribution in [3.63, 3.8) is 0 Å². The van der Waals surface area contributed by atoms with Gasteiger partial charge in [0.15, 0.2) is 5.78 Å². The van der Waals surface area contributed by atoms with E-state index in [4.69, 9.17) is 4.74 Å². The first-order valence-electron chi connectivity index (χ1n) is 9.89. The van der Waals surface area contributed by atoms with E-state index < -0.39 is 6.04 Å². The van der Waals surface area contributed by atoms with Crippen LogP contribution in [0.2, 0.25) is 0 Å². The molecule has 1 aliphatic heterocycles. The van der Waals surface area contributed by atoms with Gasteiger partial charge in [0.25, 0.3) is 0 Å². The van der Waals surface area contributed by atoms with E-state index >= 15 is 0 Å². The highest BCUT2D eigenvalue weighted by molar-refractivity contribution is 5.91. The molecule has 0 spiro atoms. The Morgan fingerprint density at radius 1 is 1.22 bits per heavy atom. The summed E-state index contributed by atoms with van der Waals surface area (Å²) < 4.78 is 5.57. The van der Waals surface area contributed by atoms with Crippen molar-refractivity contribution >= 4 is 11.7 Å². The minimum Gasteiger partial charge on any atom is -0.368 e. The van der Waals surface area contributed by atoms with E-state index in [-0.39, 0.29) is 29.8 Å². The summed E-state index contributed by atoms with van der Waals surface area (Å²) in [5, 5.41) is 2.92. The fourth-order valence-corrected chi connectivity index (χ4v) is 3.34. The van der Waals surface area contributed by atoms with Gasteiger partial charge in [-0.3, -0.25) is 9.59 Å². The zero-order valence-corrected chi connectivity index (χ0v) is 17.2. The second kappa shape index (κ2) is 10.00. The van der Waals surface area contributed by atoms with Crippen molar-refractivity contribution in [2.24, 2.45) is 5.41 Å². The van der Waals surface area contributed by atoms with Crippen LogP contribution in [0.15, 0.2) is 30.3 Å². The summed E-state index contributed by atoms with van der Waals surface area (Å²) in [4.78, 5) is 26.5. The van der Waals surface area contributed by atoms with Gasteiger partial charge >= 0.3 is 0 Å². The predicted molar refractivity (Wildman–Crippen MR) is 108 cm³/mol. The van der Waals surface area contributed by atoms with E-state index in [9.17, 15) is 9.59 Å². The average molecular weight is 375 g/mol. The SMILES string of the molecule is CN(C)CCC1OCC(=O)C1NC(=O)CCC(C)(C)CCc1ccccc1. The summed E-state index contributed by atoms with van der Waals surface area (Å²) in [5.41, 5.74) is 1.40. The molecule has 5 nitrogen and oxygen atoms in total. The van der Waals surface area contributed by atoms with E-state index in [1.165, 1.54) is 5.56 Å². The summed E-state index contributed by atoms with van der Waals surface area (Å²) in [6.45, 7) is 5.34. The van der Waals surface area contributed by atoms with Crippen molar-refractivity contribution in [2.75, 3.05) is 27.2 Å². The van der Waals surface area contributed by atoms with E-state index in [2.05, 4.69) is 48.3 Å². The van der Waals surface area contributed by atoms with Crippen LogP contribution in [0.1, 0.15) is 45.1 Å². The number of Topliss-reactive ketones (excluding diaryl/α,β-unsaturated/α-hetero) is 1. The van der Waals surface area contributed by atoms with Crippen LogP contribution in [-0.2, 0) is 20.7 Å². The topological polar surface area (TPSA) is 58.6 Å². The third-order valence-corrected chi connectivity index (χ3v) is 5.30. The molecule has 2 atom stereocenters. The monoisotopic (exact) mass is 374 g/mol. The van der Waals surface area contributed by atoms with Gasteiger partial charge in [0.1, 0.15) is 12.6 Å². The van der Waals surface area contributed by atoms with Crippen molar-refractivity contribution in [3.8, 4) is 0 Å². The van der Waals surface area contributed by atoms with Gasteiger partial charge in [-0.1, -0.05) is 44.2 Å². The Balaban J connectivity index is 1.77. The number of rotatable bonds is 10. The Hall–Kier alpha value is -1.72. The minimum absolute atomic E-state index is 0.0181. The first kappa shape index (κ1) is 21.6. The molecule has 0 radical (unpaired) electrons. The van der Waals surface area contributed by atoms with Crippen molar-refractivity contribution in [1.82, 2.24) is 10.2 Å². The number of carbonyl (C=O) groups is 2. The van der Waals surface area contributed by atoms with Gasteiger partial charge in [-0.05, 0) is 50.8 Å². The maximum absolute atomic E-state index is 12.4. The Kier molecular flexibility index (Phi) is 7.99. The molecule has 1 aromatic carbocycles. The van der Waals surface area contributed by atoms with Gasteiger partial charge in [-0.2, -0.15) is 0 Å². The Morgan fingerprint density at radius 3 is 2.59 bits per heavy atom. The first-order valence-corrected chi connectivity index (χ1v) is 9.89. The molecule has 1 aromatic rings. The van der Waals surface area contributed by atoms with E-state index in [0.717, 1.165) is 32.2 Å². The van der Waals surface area contributed by atoms with Gasteiger partial charge in [-0.15, -0.1) is 0 Å². The number of ketones is 1. The molecule has 0 saturated carbocycles. The summed E-state index contributed by atoms with van der Waals surface area (Å²) in [6.07, 6.45) is 3.81. The van der Waals surface area contributed by atoms with E-state index in [1.807, 2.05) is 20.2 Å². The number of ether oxygens (including phenoxy) is 1. The molecule has 150 valence electrons. The standard InChI is InChI=1S/C22H34N2O3/c1-22(2,13-10-17-8-6-5-7-9-17)14-11-20(26)23-21-18(25)16-27-19(21)12-15-24(3)4/h5-9,19,21H,10-16H2,1-4H3,(H,23,26). The van der Waals surface area contributed by atoms with Crippen LogP contribution >= 0.6 is 0 Å². The highest BCUT2D eigenvalue weighted by Gasteiger charge is 2.36. The second-order valence-electron chi connectivity index (χ2n) is 8.60. The number of aryl methyl sites for hydroxylation is 1. The predicted octanol–water partition coefficient (Wildman–Crippen LogP) is 2.83. The number of amides is 1. The maximum Gasteiger partial charge on any atom is 0.220 e. The molecule has 1 amide bonds. The van der Waals surface area contributed by atoms with Crippen LogP contribution in [0.4, 0.5) is 0 Å². The smallest absolute Gasteiger partial charge is 0.220 e. The molecule has 2 rings (SSSR count). The molecule has 0 bridgehead atoms. The van der Waals surface area contributed by atoms with Gasteiger partial charge in [0, 0.05) is 13.0 Å². The third-order valence-electron chi connectivity index (χ3n) is 5.30. The molecule has 1 heterocycles. The first-order chi connectivity index (χ1) is 12.8. The Labute approximate surface area is 163 Å². The molecule has 1 saturated heterocycles. The van der Waals surface area contributed by atoms with Crippen LogP contribution in [-0.4, -0.2) is 56.0 Å². The summed E-state index contributed by atoms with van der Waals surface area (Å²) in [5.74, 6) is -0.0723.